The molecule has 1 saturated heterocycles. The highest BCUT2D eigenvalue weighted by atomic mass is 16.5. The van der Waals surface area contributed by atoms with E-state index in [1.165, 1.54) is 4.90 Å². The van der Waals surface area contributed by atoms with E-state index >= 15 is 0 Å². The van der Waals surface area contributed by atoms with E-state index in [0.29, 0.717) is 0 Å². The van der Waals surface area contributed by atoms with Crippen LogP contribution in [0.15, 0.2) is 24.3 Å². The van der Waals surface area contributed by atoms with Crippen molar-refractivity contribution < 1.29 is 14.3 Å². The molecule has 0 saturated carbocycles. The van der Waals surface area contributed by atoms with Crippen molar-refractivity contribution in [3.05, 3.63) is 24.3 Å². The van der Waals surface area contributed by atoms with E-state index in [1.807, 2.05) is 18.2 Å². The molecule has 1 aliphatic heterocycles. The summed E-state index contributed by atoms with van der Waals surface area (Å²) in [6.45, 7) is 2.12. The highest BCUT2D eigenvalue weighted by Gasteiger charge is 2.31. The minimum atomic E-state index is -0.356. The molecule has 6 heteroatoms. The van der Waals surface area contributed by atoms with Gasteiger partial charge in [-0.05, 0) is 31.2 Å². The van der Waals surface area contributed by atoms with Gasteiger partial charge in [0.15, 0.2) is 0 Å². The van der Waals surface area contributed by atoms with Gasteiger partial charge in [-0.25, -0.2) is 0 Å². The predicted molar refractivity (Wildman–Crippen MR) is 76.7 cm³/mol. The molecular weight excluding hydrogens is 270 g/mol. The van der Waals surface area contributed by atoms with E-state index in [-0.39, 0.29) is 37.4 Å². The Hall–Kier alpha value is -2.55. The van der Waals surface area contributed by atoms with Crippen LogP contribution in [-0.2, 0) is 9.59 Å². The number of imide groups is 1. The Labute approximate surface area is 123 Å². The molecule has 0 N–H and O–H groups in total. The predicted octanol–water partition coefficient (Wildman–Crippen LogP) is 1.03. The second kappa shape index (κ2) is 6.27. The number of ether oxygens (including phenoxy) is 1. The Morgan fingerprint density at radius 1 is 1.24 bits per heavy atom. The molecule has 2 rings (SSSR count). The van der Waals surface area contributed by atoms with Crippen molar-refractivity contribution in [1.29, 1.82) is 5.26 Å². The van der Waals surface area contributed by atoms with Crippen LogP contribution in [0.3, 0.4) is 0 Å². The molecule has 1 aromatic carbocycles. The van der Waals surface area contributed by atoms with Crippen LogP contribution < -0.4 is 9.64 Å². The number of nitrogens with zero attached hydrogens (tertiary/aromatic N) is 3. The number of amides is 2. The molecule has 0 radical (unpaired) electrons. The Bertz CT molecular complexity index is 559. The van der Waals surface area contributed by atoms with Crippen LogP contribution in [-0.4, -0.2) is 43.5 Å². The lowest BCUT2D eigenvalue weighted by molar-refractivity contribution is -0.145. The Kier molecular flexibility index (Phi) is 4.43. The zero-order chi connectivity index (χ0) is 15.4. The fourth-order valence-electron chi connectivity index (χ4n) is 2.19. The summed E-state index contributed by atoms with van der Waals surface area (Å²) in [5.74, 6) is -0.184. The number of rotatable bonds is 4. The van der Waals surface area contributed by atoms with Gasteiger partial charge in [0.25, 0.3) is 0 Å². The summed E-state index contributed by atoms with van der Waals surface area (Å²) < 4.78 is 5.08. The van der Waals surface area contributed by atoms with E-state index in [0.717, 1.165) is 11.4 Å². The van der Waals surface area contributed by atoms with Crippen LogP contribution in [0.1, 0.15) is 6.92 Å². The number of carbonyl (C=O) groups is 2. The van der Waals surface area contributed by atoms with Gasteiger partial charge < -0.3 is 9.64 Å². The summed E-state index contributed by atoms with van der Waals surface area (Å²) in [4.78, 5) is 27.1. The maximum atomic E-state index is 12.1. The molecule has 1 atom stereocenters. The summed E-state index contributed by atoms with van der Waals surface area (Å²) in [6.07, 6.45) is 0. The van der Waals surface area contributed by atoms with Crippen LogP contribution in [0.25, 0.3) is 0 Å². The van der Waals surface area contributed by atoms with Crippen molar-refractivity contribution in [2.45, 2.75) is 6.92 Å². The van der Waals surface area contributed by atoms with Crippen LogP contribution >= 0.6 is 0 Å². The van der Waals surface area contributed by atoms with Gasteiger partial charge in [0.05, 0.1) is 32.2 Å². The average Bonchev–Trinajstić information content (AvgIpc) is 2.50. The first-order chi connectivity index (χ1) is 10.0. The fraction of sp³-hybridized carbons (Fsp3) is 0.400. The Morgan fingerprint density at radius 2 is 1.81 bits per heavy atom. The lowest BCUT2D eigenvalue weighted by Gasteiger charge is -2.34. The molecule has 110 valence electrons. The van der Waals surface area contributed by atoms with Gasteiger partial charge in [0, 0.05) is 12.2 Å². The first-order valence-corrected chi connectivity index (χ1v) is 6.67. The number of anilines is 1. The lowest BCUT2D eigenvalue weighted by atomic mass is 10.1. The summed E-state index contributed by atoms with van der Waals surface area (Å²) >= 11 is 0. The van der Waals surface area contributed by atoms with Gasteiger partial charge in [-0.15, -0.1) is 0 Å². The van der Waals surface area contributed by atoms with Crippen molar-refractivity contribution in [2.75, 3.05) is 31.6 Å². The Balaban J connectivity index is 2.08. The maximum Gasteiger partial charge on any atom is 0.248 e. The number of carbonyl (C=O) groups excluding carboxylic acids is 2. The third kappa shape index (κ3) is 3.31. The molecule has 0 aromatic heterocycles. The molecule has 6 nitrogen and oxygen atoms in total. The van der Waals surface area contributed by atoms with Gasteiger partial charge in [-0.2, -0.15) is 5.26 Å². The van der Waals surface area contributed by atoms with Crippen molar-refractivity contribution in [3.63, 3.8) is 0 Å². The zero-order valence-corrected chi connectivity index (χ0v) is 12.1. The molecule has 1 aliphatic rings. The third-order valence-corrected chi connectivity index (χ3v) is 3.37. The summed E-state index contributed by atoms with van der Waals surface area (Å²) in [7, 11) is 1.58. The molecule has 1 heterocycles. The molecule has 1 fully saturated rings. The summed E-state index contributed by atoms with van der Waals surface area (Å²) in [5, 5.41) is 8.80. The van der Waals surface area contributed by atoms with E-state index in [4.69, 9.17) is 10.00 Å². The number of benzene rings is 1. The average molecular weight is 287 g/mol. The van der Waals surface area contributed by atoms with E-state index in [9.17, 15) is 9.59 Å². The maximum absolute atomic E-state index is 12.1. The smallest absolute Gasteiger partial charge is 0.248 e. The van der Waals surface area contributed by atoms with Crippen molar-refractivity contribution in [2.24, 2.45) is 5.92 Å². The topological polar surface area (TPSA) is 73.6 Å². The van der Waals surface area contributed by atoms with Crippen LogP contribution in [0.5, 0.6) is 5.75 Å². The summed E-state index contributed by atoms with van der Waals surface area (Å²) in [5.41, 5.74) is 0.797. The van der Waals surface area contributed by atoms with Crippen LogP contribution in [0.4, 0.5) is 5.69 Å². The first kappa shape index (κ1) is 14.9. The molecule has 21 heavy (non-hydrogen) atoms. The SMILES string of the molecule is COc1ccc(N2CC(=O)N(CC(C)C#N)C(=O)C2)cc1. The number of piperazine rings is 1. The minimum absolute atomic E-state index is 0.135. The van der Waals surface area contributed by atoms with E-state index < -0.39 is 0 Å². The molecule has 0 bridgehead atoms. The second-order valence-electron chi connectivity index (χ2n) is 4.98. The molecule has 0 spiro atoms. The molecule has 1 unspecified atom stereocenters. The van der Waals surface area contributed by atoms with Gasteiger partial charge in [-0.3, -0.25) is 14.5 Å². The molecule has 2 amide bonds. The first-order valence-electron chi connectivity index (χ1n) is 6.67. The van der Waals surface area contributed by atoms with E-state index in [1.54, 1.807) is 31.1 Å². The number of methoxy groups -OCH3 is 1. The van der Waals surface area contributed by atoms with Gasteiger partial charge in [0.1, 0.15) is 5.75 Å². The van der Waals surface area contributed by atoms with Crippen molar-refractivity contribution in [3.8, 4) is 11.8 Å². The van der Waals surface area contributed by atoms with Crippen molar-refractivity contribution >= 4 is 17.5 Å². The second-order valence-corrected chi connectivity index (χ2v) is 4.98. The van der Waals surface area contributed by atoms with Crippen LogP contribution in [0.2, 0.25) is 0 Å². The Morgan fingerprint density at radius 3 is 2.29 bits per heavy atom. The zero-order valence-electron chi connectivity index (χ0n) is 12.1. The number of nitriles is 1. The monoisotopic (exact) mass is 287 g/mol. The number of hydrogen-bond donors (Lipinski definition) is 0. The van der Waals surface area contributed by atoms with Crippen LogP contribution in [0, 0.1) is 17.2 Å². The standard InChI is InChI=1S/C15H17N3O3/c1-11(7-16)8-18-14(19)9-17(10-15(18)20)12-3-5-13(21-2)6-4-12/h3-6,11H,8-10H2,1-2H3. The summed E-state index contributed by atoms with van der Waals surface area (Å²) in [6, 6.07) is 9.23. The molecule has 0 aliphatic carbocycles. The highest BCUT2D eigenvalue weighted by molar-refractivity contribution is 6.02. The van der Waals surface area contributed by atoms with Crippen molar-refractivity contribution in [1.82, 2.24) is 4.90 Å². The quantitative estimate of drug-likeness (QED) is 0.773. The van der Waals surface area contributed by atoms with Gasteiger partial charge in [-0.1, -0.05) is 0 Å². The van der Waals surface area contributed by atoms with Gasteiger partial charge >= 0.3 is 0 Å². The third-order valence-electron chi connectivity index (χ3n) is 3.37. The molecule has 1 aromatic rings. The van der Waals surface area contributed by atoms with E-state index in [2.05, 4.69) is 0 Å². The lowest BCUT2D eigenvalue weighted by Crippen LogP contribution is -2.55. The minimum Gasteiger partial charge on any atom is -0.497 e. The van der Waals surface area contributed by atoms with Gasteiger partial charge in [0.2, 0.25) is 11.8 Å². The normalized spacial score (nSPS) is 16.6. The highest BCUT2D eigenvalue weighted by Crippen LogP contribution is 2.21. The largest absolute Gasteiger partial charge is 0.497 e. The fourth-order valence-corrected chi connectivity index (χ4v) is 2.19. The molecular formula is C15H17N3O3. The number of hydrogen-bond acceptors (Lipinski definition) is 5.